The van der Waals surface area contributed by atoms with E-state index in [1.54, 1.807) is 0 Å². The number of carbonyl (C=O) groups excluding carboxylic acids is 2. The molecule has 0 spiro atoms. The minimum atomic E-state index is -0.139. The molecule has 0 bridgehead atoms. The third-order valence-electron chi connectivity index (χ3n) is 5.49. The number of halogens is 1. The maximum Gasteiger partial charge on any atom is 0.227 e. The summed E-state index contributed by atoms with van der Waals surface area (Å²) in [5.41, 5.74) is 5.96. The zero-order valence-corrected chi connectivity index (χ0v) is 15.5. The van der Waals surface area contributed by atoms with Crippen LogP contribution in [-0.2, 0) is 9.59 Å². The van der Waals surface area contributed by atoms with E-state index < -0.39 is 0 Å². The molecule has 2 fully saturated rings. The van der Waals surface area contributed by atoms with Crippen molar-refractivity contribution in [2.24, 2.45) is 17.6 Å². The van der Waals surface area contributed by atoms with Gasteiger partial charge in [-0.1, -0.05) is 13.8 Å². The Labute approximate surface area is 146 Å². The van der Waals surface area contributed by atoms with Crippen molar-refractivity contribution < 1.29 is 9.59 Å². The van der Waals surface area contributed by atoms with Crippen molar-refractivity contribution in [3.05, 3.63) is 0 Å². The third-order valence-corrected chi connectivity index (χ3v) is 5.49. The van der Waals surface area contributed by atoms with E-state index in [9.17, 15) is 9.59 Å². The van der Waals surface area contributed by atoms with Gasteiger partial charge in [-0.2, -0.15) is 0 Å². The zero-order valence-electron chi connectivity index (χ0n) is 14.7. The molecule has 2 saturated heterocycles. The SMILES string of the molecule is CCC(CC)N1CC(C(=O)N2CCC(C(C)N)CC2)CC1=O.Cl. The molecule has 2 heterocycles. The summed E-state index contributed by atoms with van der Waals surface area (Å²) in [5.74, 6) is 0.706. The van der Waals surface area contributed by atoms with Crippen molar-refractivity contribution in [2.75, 3.05) is 19.6 Å². The minimum Gasteiger partial charge on any atom is -0.342 e. The predicted molar refractivity (Wildman–Crippen MR) is 94.4 cm³/mol. The zero-order chi connectivity index (χ0) is 16.3. The van der Waals surface area contributed by atoms with E-state index in [4.69, 9.17) is 5.73 Å². The average Bonchev–Trinajstić information content (AvgIpc) is 2.90. The van der Waals surface area contributed by atoms with Crippen LogP contribution in [0.5, 0.6) is 0 Å². The molecule has 5 nitrogen and oxygen atoms in total. The van der Waals surface area contributed by atoms with Crippen molar-refractivity contribution in [1.82, 2.24) is 9.80 Å². The van der Waals surface area contributed by atoms with Crippen LogP contribution in [0.4, 0.5) is 0 Å². The Morgan fingerprint density at radius 1 is 1.26 bits per heavy atom. The molecule has 2 amide bonds. The molecule has 6 heteroatoms. The number of rotatable bonds is 5. The second-order valence-electron chi connectivity index (χ2n) is 6.94. The Morgan fingerprint density at radius 3 is 2.30 bits per heavy atom. The van der Waals surface area contributed by atoms with Crippen molar-refractivity contribution in [3.63, 3.8) is 0 Å². The molecule has 0 radical (unpaired) electrons. The van der Waals surface area contributed by atoms with Crippen molar-refractivity contribution in [2.45, 2.75) is 65.0 Å². The van der Waals surface area contributed by atoms with Gasteiger partial charge < -0.3 is 15.5 Å². The first-order valence-electron chi connectivity index (χ1n) is 8.81. The normalized spacial score (nSPS) is 24.0. The summed E-state index contributed by atoms with van der Waals surface area (Å²) in [7, 11) is 0. The van der Waals surface area contributed by atoms with Crippen LogP contribution >= 0.6 is 12.4 Å². The topological polar surface area (TPSA) is 66.6 Å². The first kappa shape index (κ1) is 20.2. The summed E-state index contributed by atoms with van der Waals surface area (Å²) < 4.78 is 0. The van der Waals surface area contributed by atoms with E-state index in [0.29, 0.717) is 18.9 Å². The van der Waals surface area contributed by atoms with Crippen LogP contribution in [-0.4, -0.2) is 53.3 Å². The van der Waals surface area contributed by atoms with Crippen LogP contribution in [0.3, 0.4) is 0 Å². The number of amides is 2. The van der Waals surface area contributed by atoms with E-state index in [1.165, 1.54) is 0 Å². The van der Waals surface area contributed by atoms with E-state index in [2.05, 4.69) is 13.8 Å². The number of nitrogens with two attached hydrogens (primary N) is 1. The largest absolute Gasteiger partial charge is 0.342 e. The summed E-state index contributed by atoms with van der Waals surface area (Å²) in [4.78, 5) is 28.8. The molecule has 2 aliphatic heterocycles. The molecular weight excluding hydrogens is 314 g/mol. The number of hydrogen-bond donors (Lipinski definition) is 1. The Morgan fingerprint density at radius 2 is 1.83 bits per heavy atom. The smallest absolute Gasteiger partial charge is 0.227 e. The molecule has 0 aliphatic carbocycles. The first-order valence-corrected chi connectivity index (χ1v) is 8.81. The highest BCUT2D eigenvalue weighted by Gasteiger charge is 2.39. The maximum atomic E-state index is 12.7. The van der Waals surface area contributed by atoms with Crippen molar-refractivity contribution in [3.8, 4) is 0 Å². The van der Waals surface area contributed by atoms with Gasteiger partial charge in [0.1, 0.15) is 0 Å². The highest BCUT2D eigenvalue weighted by Crippen LogP contribution is 2.27. The number of carbonyl (C=O) groups is 2. The van der Waals surface area contributed by atoms with Crippen LogP contribution < -0.4 is 5.73 Å². The molecule has 2 aliphatic rings. The lowest BCUT2D eigenvalue weighted by molar-refractivity contribution is -0.137. The second kappa shape index (κ2) is 8.88. The van der Waals surface area contributed by atoms with Crippen LogP contribution in [0.15, 0.2) is 0 Å². The molecule has 0 aromatic rings. The molecule has 0 saturated carbocycles. The second-order valence-corrected chi connectivity index (χ2v) is 6.94. The van der Waals surface area contributed by atoms with Crippen LogP contribution in [0.25, 0.3) is 0 Å². The van der Waals surface area contributed by atoms with Gasteiger partial charge in [0.25, 0.3) is 0 Å². The van der Waals surface area contributed by atoms with E-state index in [1.807, 2.05) is 16.7 Å². The van der Waals surface area contributed by atoms with Crippen LogP contribution in [0.2, 0.25) is 0 Å². The fourth-order valence-electron chi connectivity index (χ4n) is 3.88. The van der Waals surface area contributed by atoms with Gasteiger partial charge >= 0.3 is 0 Å². The van der Waals surface area contributed by atoms with E-state index in [-0.39, 0.29) is 42.2 Å². The molecule has 2 atom stereocenters. The first-order chi connectivity index (χ1) is 10.5. The van der Waals surface area contributed by atoms with Gasteiger partial charge in [-0.15, -0.1) is 12.4 Å². The van der Waals surface area contributed by atoms with E-state index >= 15 is 0 Å². The molecule has 2 rings (SSSR count). The molecule has 2 unspecified atom stereocenters. The van der Waals surface area contributed by atoms with Gasteiger partial charge in [0.2, 0.25) is 11.8 Å². The highest BCUT2D eigenvalue weighted by molar-refractivity contribution is 5.89. The quantitative estimate of drug-likeness (QED) is 0.829. The Kier molecular flexibility index (Phi) is 7.81. The van der Waals surface area contributed by atoms with Crippen molar-refractivity contribution >= 4 is 24.2 Å². The van der Waals surface area contributed by atoms with Gasteiger partial charge in [-0.3, -0.25) is 9.59 Å². The standard InChI is InChI=1S/C17H31N3O2.ClH/c1-4-15(5-2)20-11-14(10-16(20)21)17(22)19-8-6-13(7-9-19)12(3)18;/h12-15H,4-11,18H2,1-3H3;1H. The average molecular weight is 346 g/mol. The lowest BCUT2D eigenvalue weighted by atomic mass is 9.90. The van der Waals surface area contributed by atoms with Crippen LogP contribution in [0.1, 0.15) is 52.9 Å². The molecule has 134 valence electrons. The summed E-state index contributed by atoms with van der Waals surface area (Å²) in [6, 6.07) is 0.491. The lowest BCUT2D eigenvalue weighted by Crippen LogP contribution is -2.45. The highest BCUT2D eigenvalue weighted by atomic mass is 35.5. The molecule has 0 aromatic carbocycles. The molecule has 2 N–H and O–H groups in total. The predicted octanol–water partition coefficient (Wildman–Crippen LogP) is 2.03. The Balaban J connectivity index is 0.00000264. The fraction of sp³-hybridized carbons (Fsp3) is 0.882. The lowest BCUT2D eigenvalue weighted by Gasteiger charge is -2.35. The number of likely N-dealkylation sites (tertiary alicyclic amines) is 2. The summed E-state index contributed by atoms with van der Waals surface area (Å²) in [6.07, 6.45) is 4.29. The maximum absolute atomic E-state index is 12.7. The Bertz CT molecular complexity index is 405. The monoisotopic (exact) mass is 345 g/mol. The molecular formula is C17H32ClN3O2. The number of piperidine rings is 1. The van der Waals surface area contributed by atoms with Gasteiger partial charge in [0.05, 0.1) is 5.92 Å². The molecule has 0 aromatic heterocycles. The van der Waals surface area contributed by atoms with Gasteiger partial charge in [0.15, 0.2) is 0 Å². The summed E-state index contributed by atoms with van der Waals surface area (Å²) in [6.45, 7) is 8.45. The number of nitrogens with zero attached hydrogens (tertiary/aromatic N) is 2. The van der Waals surface area contributed by atoms with Gasteiger partial charge in [0, 0.05) is 38.1 Å². The summed E-state index contributed by atoms with van der Waals surface area (Å²) in [5, 5.41) is 0. The van der Waals surface area contributed by atoms with Gasteiger partial charge in [-0.05, 0) is 38.5 Å². The van der Waals surface area contributed by atoms with Gasteiger partial charge in [-0.25, -0.2) is 0 Å². The Hall–Kier alpha value is -0.810. The minimum absolute atomic E-state index is 0. The van der Waals surface area contributed by atoms with Crippen LogP contribution in [0, 0.1) is 11.8 Å². The fourth-order valence-corrected chi connectivity index (χ4v) is 3.88. The third kappa shape index (κ3) is 4.60. The summed E-state index contributed by atoms with van der Waals surface area (Å²) >= 11 is 0. The molecule has 23 heavy (non-hydrogen) atoms. The van der Waals surface area contributed by atoms with Crippen molar-refractivity contribution in [1.29, 1.82) is 0 Å². The number of hydrogen-bond acceptors (Lipinski definition) is 3. The van der Waals surface area contributed by atoms with E-state index in [0.717, 1.165) is 38.8 Å².